The Labute approximate surface area is 126 Å². The van der Waals surface area contributed by atoms with E-state index in [1.54, 1.807) is 23.1 Å². The first-order valence-corrected chi connectivity index (χ1v) is 8.17. The molecule has 0 bridgehead atoms. The fourth-order valence-corrected chi connectivity index (χ4v) is 4.34. The van der Waals surface area contributed by atoms with Crippen LogP contribution in [0, 0.1) is 6.92 Å². The van der Waals surface area contributed by atoms with Crippen molar-refractivity contribution in [1.82, 2.24) is 4.98 Å². The summed E-state index contributed by atoms with van der Waals surface area (Å²) in [6.45, 7) is 3.95. The molecule has 0 saturated heterocycles. The highest BCUT2D eigenvalue weighted by Gasteiger charge is 2.22. The molecular formula is C15H16N2OS2. The predicted octanol–water partition coefficient (Wildman–Crippen LogP) is 4.38. The maximum atomic E-state index is 6.12. The number of hydrogen-bond acceptors (Lipinski definition) is 5. The molecule has 20 heavy (non-hydrogen) atoms. The van der Waals surface area contributed by atoms with E-state index in [-0.39, 0.29) is 11.3 Å². The maximum absolute atomic E-state index is 6.12. The van der Waals surface area contributed by atoms with Crippen molar-refractivity contribution in [2.75, 3.05) is 0 Å². The number of furan rings is 1. The Morgan fingerprint density at radius 2 is 2.05 bits per heavy atom. The van der Waals surface area contributed by atoms with Crippen LogP contribution < -0.4 is 5.73 Å². The Morgan fingerprint density at radius 3 is 2.70 bits per heavy atom. The number of benzene rings is 1. The van der Waals surface area contributed by atoms with Crippen molar-refractivity contribution in [1.29, 1.82) is 0 Å². The van der Waals surface area contributed by atoms with Gasteiger partial charge in [0.25, 0.3) is 0 Å². The van der Waals surface area contributed by atoms with Crippen molar-refractivity contribution in [3.8, 4) is 0 Å². The Bertz CT molecular complexity index is 684. The molecule has 0 radical (unpaired) electrons. The van der Waals surface area contributed by atoms with Crippen LogP contribution >= 0.6 is 23.1 Å². The van der Waals surface area contributed by atoms with E-state index in [0.29, 0.717) is 0 Å². The third kappa shape index (κ3) is 2.75. The van der Waals surface area contributed by atoms with Gasteiger partial charge in [-0.15, -0.1) is 11.3 Å². The van der Waals surface area contributed by atoms with Crippen LogP contribution in [0.25, 0.3) is 10.2 Å². The van der Waals surface area contributed by atoms with Gasteiger partial charge >= 0.3 is 0 Å². The maximum Gasteiger partial charge on any atom is 0.151 e. The fraction of sp³-hybridized carbons (Fsp3) is 0.267. The lowest BCUT2D eigenvalue weighted by molar-refractivity contribution is 0.465. The molecule has 0 saturated carbocycles. The summed E-state index contributed by atoms with van der Waals surface area (Å²) < 4.78 is 7.96. The summed E-state index contributed by atoms with van der Waals surface area (Å²) in [6.07, 6.45) is 0. The van der Waals surface area contributed by atoms with Gasteiger partial charge in [-0.2, -0.15) is 0 Å². The highest BCUT2D eigenvalue weighted by molar-refractivity contribution is 8.01. The summed E-state index contributed by atoms with van der Waals surface area (Å²) >= 11 is 3.38. The number of hydrogen-bond donors (Lipinski definition) is 1. The molecule has 3 aromatic rings. The minimum atomic E-state index is -0.00226. The number of nitrogens with zero attached hydrogens (tertiary/aromatic N) is 1. The van der Waals surface area contributed by atoms with Gasteiger partial charge in [0.2, 0.25) is 0 Å². The van der Waals surface area contributed by atoms with E-state index in [1.807, 2.05) is 44.2 Å². The average molecular weight is 304 g/mol. The lowest BCUT2D eigenvalue weighted by atomic mass is 10.2. The van der Waals surface area contributed by atoms with Gasteiger partial charge in [-0.3, -0.25) is 0 Å². The molecule has 3 rings (SSSR count). The zero-order valence-electron chi connectivity index (χ0n) is 11.4. The first kappa shape index (κ1) is 13.7. The van der Waals surface area contributed by atoms with Crippen molar-refractivity contribution in [2.45, 2.75) is 29.5 Å². The van der Waals surface area contributed by atoms with Gasteiger partial charge < -0.3 is 10.2 Å². The second kappa shape index (κ2) is 5.60. The number of nitrogens with two attached hydrogens (primary N) is 1. The highest BCUT2D eigenvalue weighted by Crippen LogP contribution is 2.41. The summed E-state index contributed by atoms with van der Waals surface area (Å²) in [5.41, 5.74) is 7.16. The molecule has 3 nitrogen and oxygen atoms in total. The zero-order chi connectivity index (χ0) is 14.1. The molecule has 0 fully saturated rings. The number of rotatable bonds is 4. The molecule has 0 aliphatic heterocycles. The molecule has 2 atom stereocenters. The van der Waals surface area contributed by atoms with Crippen LogP contribution in [0.5, 0.6) is 0 Å². The summed E-state index contributed by atoms with van der Waals surface area (Å²) in [7, 11) is 0. The quantitative estimate of drug-likeness (QED) is 0.727. The van der Waals surface area contributed by atoms with Crippen LogP contribution in [0.1, 0.15) is 23.7 Å². The van der Waals surface area contributed by atoms with Crippen LogP contribution in [0.4, 0.5) is 0 Å². The van der Waals surface area contributed by atoms with Crippen LogP contribution in [-0.4, -0.2) is 11.0 Å². The van der Waals surface area contributed by atoms with Crippen molar-refractivity contribution < 1.29 is 4.42 Å². The minimum absolute atomic E-state index is 0.00226. The molecule has 104 valence electrons. The predicted molar refractivity (Wildman–Crippen MR) is 85.3 cm³/mol. The topological polar surface area (TPSA) is 52.0 Å². The Hall–Kier alpha value is -1.30. The first-order chi connectivity index (χ1) is 9.63. The molecule has 0 amide bonds. The standard InChI is InChI=1S/C15H16N2OS2/c1-9-7-8-12(18-9)14(10(2)16)20-15-17-11-5-3-4-6-13(11)19-15/h3-8,10,14H,16H2,1-2H3. The van der Waals surface area contributed by atoms with Gasteiger partial charge in [0.1, 0.15) is 11.5 Å². The van der Waals surface area contributed by atoms with Crippen molar-refractivity contribution in [2.24, 2.45) is 5.73 Å². The fourth-order valence-electron chi connectivity index (χ4n) is 2.04. The number of aromatic nitrogens is 1. The Morgan fingerprint density at radius 1 is 1.25 bits per heavy atom. The minimum Gasteiger partial charge on any atom is -0.465 e. The van der Waals surface area contributed by atoms with Crippen LogP contribution in [0.2, 0.25) is 0 Å². The molecule has 0 spiro atoms. The monoisotopic (exact) mass is 304 g/mol. The molecule has 1 aromatic carbocycles. The lowest BCUT2D eigenvalue weighted by Gasteiger charge is -2.16. The smallest absolute Gasteiger partial charge is 0.151 e. The van der Waals surface area contributed by atoms with E-state index in [4.69, 9.17) is 10.2 Å². The van der Waals surface area contributed by atoms with Crippen molar-refractivity contribution >= 4 is 33.3 Å². The molecule has 2 aromatic heterocycles. The lowest BCUT2D eigenvalue weighted by Crippen LogP contribution is -2.22. The van der Waals surface area contributed by atoms with Crippen molar-refractivity contribution in [3.63, 3.8) is 0 Å². The summed E-state index contributed by atoms with van der Waals surface area (Å²) in [5, 5.41) is 0.0873. The van der Waals surface area contributed by atoms with Crippen LogP contribution in [0.15, 0.2) is 45.2 Å². The third-order valence-electron chi connectivity index (χ3n) is 3.02. The van der Waals surface area contributed by atoms with E-state index in [1.165, 1.54) is 4.70 Å². The molecule has 2 N–H and O–H groups in total. The van der Waals surface area contributed by atoms with Gasteiger partial charge in [-0.25, -0.2) is 4.98 Å². The highest BCUT2D eigenvalue weighted by atomic mass is 32.2. The average Bonchev–Trinajstić information content (AvgIpc) is 3.01. The zero-order valence-corrected chi connectivity index (χ0v) is 13.0. The van der Waals surface area contributed by atoms with E-state index in [9.17, 15) is 0 Å². The summed E-state index contributed by atoms with van der Waals surface area (Å²) in [4.78, 5) is 4.65. The van der Waals surface area contributed by atoms with Gasteiger partial charge in [-0.1, -0.05) is 23.9 Å². The molecule has 0 aliphatic carbocycles. The van der Waals surface area contributed by atoms with E-state index in [2.05, 4.69) is 11.1 Å². The van der Waals surface area contributed by atoms with E-state index >= 15 is 0 Å². The number of fused-ring (bicyclic) bond motifs is 1. The number of para-hydroxylation sites is 1. The van der Waals surface area contributed by atoms with Gasteiger partial charge in [0.05, 0.1) is 15.5 Å². The molecule has 2 heterocycles. The molecular weight excluding hydrogens is 288 g/mol. The number of aryl methyl sites for hydroxylation is 1. The number of thiazole rings is 1. The van der Waals surface area contributed by atoms with Crippen molar-refractivity contribution in [3.05, 3.63) is 47.9 Å². The Kier molecular flexibility index (Phi) is 3.83. The molecule has 5 heteroatoms. The second-order valence-electron chi connectivity index (χ2n) is 4.79. The van der Waals surface area contributed by atoms with Gasteiger partial charge in [-0.05, 0) is 38.1 Å². The largest absolute Gasteiger partial charge is 0.465 e. The Balaban J connectivity index is 1.89. The first-order valence-electron chi connectivity index (χ1n) is 6.47. The number of thioether (sulfide) groups is 1. The summed E-state index contributed by atoms with van der Waals surface area (Å²) in [6, 6.07) is 12.1. The normalized spacial score (nSPS) is 14.6. The summed E-state index contributed by atoms with van der Waals surface area (Å²) in [5.74, 6) is 1.83. The third-order valence-corrected chi connectivity index (χ3v) is 5.60. The van der Waals surface area contributed by atoms with Gasteiger partial charge in [0, 0.05) is 6.04 Å². The van der Waals surface area contributed by atoms with E-state index < -0.39 is 0 Å². The molecule has 2 unspecified atom stereocenters. The van der Waals surface area contributed by atoms with Gasteiger partial charge in [0.15, 0.2) is 4.34 Å². The molecule has 0 aliphatic rings. The SMILES string of the molecule is Cc1ccc(C(Sc2nc3ccccc3s2)C(C)N)o1. The van der Waals surface area contributed by atoms with Crippen LogP contribution in [-0.2, 0) is 0 Å². The van der Waals surface area contributed by atoms with Crippen LogP contribution in [0.3, 0.4) is 0 Å². The van der Waals surface area contributed by atoms with E-state index in [0.717, 1.165) is 21.4 Å². The second-order valence-corrected chi connectivity index (χ2v) is 7.21.